The molecule has 0 aromatic heterocycles. The van der Waals surface area contributed by atoms with E-state index in [1.807, 2.05) is 66.7 Å². The van der Waals surface area contributed by atoms with Gasteiger partial charge in [-0.1, -0.05) is 42.5 Å². The molecule has 6 heteroatoms. The molecule has 4 rings (SSSR count). The molecule has 1 atom stereocenters. The molecule has 3 aromatic rings. The number of amides is 2. The van der Waals surface area contributed by atoms with Gasteiger partial charge in [0.2, 0.25) is 0 Å². The number of rotatable bonds is 5. The van der Waals surface area contributed by atoms with Crippen LogP contribution in [0.15, 0.2) is 78.9 Å². The lowest BCUT2D eigenvalue weighted by atomic mass is 10.0. The number of hydrogen-bond acceptors (Lipinski definition) is 4. The second kappa shape index (κ2) is 7.44. The maximum absolute atomic E-state index is 13.3. The van der Waals surface area contributed by atoms with E-state index < -0.39 is 5.91 Å². The molecular weight excluding hydrogens is 354 g/mol. The summed E-state index contributed by atoms with van der Waals surface area (Å²) in [7, 11) is 0. The first-order chi connectivity index (χ1) is 13.6. The van der Waals surface area contributed by atoms with Crippen LogP contribution < -0.4 is 20.7 Å². The highest BCUT2D eigenvalue weighted by Gasteiger charge is 2.33. The average molecular weight is 373 g/mol. The molecule has 0 bridgehead atoms. The van der Waals surface area contributed by atoms with Crippen molar-refractivity contribution in [3.8, 4) is 5.75 Å². The molecule has 3 aromatic carbocycles. The van der Waals surface area contributed by atoms with Crippen LogP contribution in [-0.2, 0) is 4.79 Å². The van der Waals surface area contributed by atoms with Crippen molar-refractivity contribution in [2.75, 3.05) is 16.8 Å². The van der Waals surface area contributed by atoms with Crippen LogP contribution in [0.4, 0.5) is 11.4 Å². The standard InChI is InChI=1S/C22H19N3O3/c23-20(26)14-28-17-12-10-15(11-13-17)21-24-19-9-5-4-8-18(19)22(27)25(21)16-6-2-1-3-7-16/h1-13,21,24H,14H2,(H2,23,26)/t21-/m1/s1. The average Bonchev–Trinajstić information content (AvgIpc) is 2.73. The molecule has 140 valence electrons. The molecule has 1 aliphatic rings. The lowest BCUT2D eigenvalue weighted by Crippen LogP contribution is -2.43. The van der Waals surface area contributed by atoms with Gasteiger partial charge in [-0.25, -0.2) is 0 Å². The number of nitrogens with zero attached hydrogens (tertiary/aromatic N) is 1. The van der Waals surface area contributed by atoms with Gasteiger partial charge in [0, 0.05) is 11.4 Å². The van der Waals surface area contributed by atoms with Gasteiger partial charge >= 0.3 is 0 Å². The minimum Gasteiger partial charge on any atom is -0.484 e. The molecule has 0 aliphatic carbocycles. The van der Waals surface area contributed by atoms with Gasteiger partial charge in [0.25, 0.3) is 11.8 Å². The molecule has 1 heterocycles. The van der Waals surface area contributed by atoms with E-state index >= 15 is 0 Å². The Morgan fingerprint density at radius 2 is 1.64 bits per heavy atom. The maximum atomic E-state index is 13.3. The maximum Gasteiger partial charge on any atom is 0.262 e. The van der Waals surface area contributed by atoms with Gasteiger partial charge in [-0.15, -0.1) is 0 Å². The van der Waals surface area contributed by atoms with Crippen molar-refractivity contribution in [2.45, 2.75) is 6.17 Å². The van der Waals surface area contributed by atoms with Crippen molar-refractivity contribution < 1.29 is 14.3 Å². The van der Waals surface area contributed by atoms with Crippen LogP contribution in [0.1, 0.15) is 22.1 Å². The summed E-state index contributed by atoms with van der Waals surface area (Å²) in [5, 5.41) is 3.45. The van der Waals surface area contributed by atoms with Crippen LogP contribution in [0.25, 0.3) is 0 Å². The number of carbonyl (C=O) groups excluding carboxylic acids is 2. The predicted octanol–water partition coefficient (Wildman–Crippen LogP) is 3.32. The Morgan fingerprint density at radius 3 is 2.36 bits per heavy atom. The van der Waals surface area contributed by atoms with Crippen LogP contribution in [-0.4, -0.2) is 18.4 Å². The number of anilines is 2. The molecule has 1 aliphatic heterocycles. The number of ether oxygens (including phenoxy) is 1. The van der Waals surface area contributed by atoms with E-state index in [0.717, 1.165) is 16.9 Å². The van der Waals surface area contributed by atoms with E-state index in [2.05, 4.69) is 5.32 Å². The van der Waals surface area contributed by atoms with Gasteiger partial charge < -0.3 is 15.8 Å². The fourth-order valence-corrected chi connectivity index (χ4v) is 3.24. The van der Waals surface area contributed by atoms with E-state index in [4.69, 9.17) is 10.5 Å². The summed E-state index contributed by atoms with van der Waals surface area (Å²) in [6.07, 6.45) is -0.380. The van der Waals surface area contributed by atoms with Crippen molar-refractivity contribution in [1.29, 1.82) is 0 Å². The zero-order chi connectivity index (χ0) is 19.5. The minimum absolute atomic E-state index is 0.0698. The Morgan fingerprint density at radius 1 is 0.964 bits per heavy atom. The van der Waals surface area contributed by atoms with Crippen LogP contribution in [0.5, 0.6) is 5.75 Å². The van der Waals surface area contributed by atoms with E-state index in [1.165, 1.54) is 0 Å². The van der Waals surface area contributed by atoms with Crippen molar-refractivity contribution >= 4 is 23.2 Å². The molecular formula is C22H19N3O3. The summed E-state index contributed by atoms with van der Waals surface area (Å²) in [5.41, 5.74) is 8.22. The highest BCUT2D eigenvalue weighted by molar-refractivity contribution is 6.12. The first-order valence-electron chi connectivity index (χ1n) is 8.89. The second-order valence-corrected chi connectivity index (χ2v) is 6.43. The number of primary amides is 1. The van der Waals surface area contributed by atoms with Crippen molar-refractivity contribution in [2.24, 2.45) is 5.73 Å². The summed E-state index contributed by atoms with van der Waals surface area (Å²) in [6.45, 7) is -0.178. The molecule has 6 nitrogen and oxygen atoms in total. The highest BCUT2D eigenvalue weighted by Crippen LogP contribution is 2.36. The second-order valence-electron chi connectivity index (χ2n) is 6.43. The Bertz CT molecular complexity index is 1000. The lowest BCUT2D eigenvalue weighted by Gasteiger charge is -2.38. The quantitative estimate of drug-likeness (QED) is 0.718. The lowest BCUT2D eigenvalue weighted by molar-refractivity contribution is -0.119. The fourth-order valence-electron chi connectivity index (χ4n) is 3.24. The van der Waals surface area contributed by atoms with Crippen LogP contribution in [0, 0.1) is 0 Å². The van der Waals surface area contributed by atoms with Crippen molar-refractivity contribution in [3.05, 3.63) is 90.0 Å². The number of carbonyl (C=O) groups is 2. The zero-order valence-corrected chi connectivity index (χ0v) is 15.0. The van der Waals surface area contributed by atoms with E-state index in [1.54, 1.807) is 17.0 Å². The highest BCUT2D eigenvalue weighted by atomic mass is 16.5. The Kier molecular flexibility index (Phi) is 4.68. The molecule has 0 radical (unpaired) electrons. The molecule has 2 amide bonds. The number of nitrogens with two attached hydrogens (primary N) is 1. The summed E-state index contributed by atoms with van der Waals surface area (Å²) in [5.74, 6) is -0.0635. The smallest absolute Gasteiger partial charge is 0.262 e. The summed E-state index contributed by atoms with van der Waals surface area (Å²) in [6, 6.07) is 24.3. The molecule has 0 saturated carbocycles. The van der Waals surface area contributed by atoms with E-state index in [9.17, 15) is 9.59 Å². The van der Waals surface area contributed by atoms with E-state index in [-0.39, 0.29) is 18.7 Å². The number of para-hydroxylation sites is 2. The van der Waals surface area contributed by atoms with Crippen molar-refractivity contribution in [3.63, 3.8) is 0 Å². The summed E-state index contributed by atoms with van der Waals surface area (Å²) >= 11 is 0. The molecule has 0 unspecified atom stereocenters. The van der Waals surface area contributed by atoms with Crippen LogP contribution in [0.3, 0.4) is 0 Å². The third kappa shape index (κ3) is 3.40. The third-order valence-electron chi connectivity index (χ3n) is 4.54. The van der Waals surface area contributed by atoms with Gasteiger partial charge in [0.05, 0.1) is 5.56 Å². The molecule has 28 heavy (non-hydrogen) atoms. The first kappa shape index (κ1) is 17.6. The normalized spacial score (nSPS) is 15.5. The summed E-state index contributed by atoms with van der Waals surface area (Å²) < 4.78 is 5.32. The number of fused-ring (bicyclic) bond motifs is 1. The monoisotopic (exact) mass is 373 g/mol. The third-order valence-corrected chi connectivity index (χ3v) is 4.54. The SMILES string of the molecule is NC(=O)COc1ccc([C@@H]2Nc3ccccc3C(=O)N2c2ccccc2)cc1. The number of nitrogens with one attached hydrogen (secondary N) is 1. The minimum atomic E-state index is -0.532. The molecule has 0 spiro atoms. The predicted molar refractivity (Wildman–Crippen MR) is 107 cm³/mol. The van der Waals surface area contributed by atoms with Crippen LogP contribution >= 0.6 is 0 Å². The van der Waals surface area contributed by atoms with Gasteiger partial charge in [-0.3, -0.25) is 14.5 Å². The van der Waals surface area contributed by atoms with E-state index in [0.29, 0.717) is 11.3 Å². The van der Waals surface area contributed by atoms with Gasteiger partial charge in [-0.05, 0) is 42.0 Å². The number of benzene rings is 3. The topological polar surface area (TPSA) is 84.7 Å². The van der Waals surface area contributed by atoms with Gasteiger partial charge in [0.1, 0.15) is 11.9 Å². The number of hydrogen-bond donors (Lipinski definition) is 2. The Hall–Kier alpha value is -3.80. The summed E-state index contributed by atoms with van der Waals surface area (Å²) in [4.78, 5) is 25.9. The fraction of sp³-hybridized carbons (Fsp3) is 0.0909. The van der Waals surface area contributed by atoms with Gasteiger partial charge in [0.15, 0.2) is 6.61 Å². The first-order valence-corrected chi connectivity index (χ1v) is 8.89. The molecule has 0 saturated heterocycles. The van der Waals surface area contributed by atoms with Crippen LogP contribution in [0.2, 0.25) is 0 Å². The largest absolute Gasteiger partial charge is 0.484 e. The Labute approximate surface area is 162 Å². The van der Waals surface area contributed by atoms with Gasteiger partial charge in [-0.2, -0.15) is 0 Å². The zero-order valence-electron chi connectivity index (χ0n) is 15.0. The van der Waals surface area contributed by atoms with Crippen molar-refractivity contribution in [1.82, 2.24) is 0 Å². The molecule has 3 N–H and O–H groups in total. The molecule has 0 fully saturated rings. The Balaban J connectivity index is 1.71.